The summed E-state index contributed by atoms with van der Waals surface area (Å²) in [5.41, 5.74) is 7.38. The van der Waals surface area contributed by atoms with E-state index in [2.05, 4.69) is 5.32 Å². The van der Waals surface area contributed by atoms with Gasteiger partial charge in [0.25, 0.3) is 0 Å². The summed E-state index contributed by atoms with van der Waals surface area (Å²) in [4.78, 5) is 27.1. The smallest absolute Gasteiger partial charge is 0.410 e. The van der Waals surface area contributed by atoms with Crippen LogP contribution >= 0.6 is 0 Å². The number of nitrogens with one attached hydrogen (secondary N) is 1. The zero-order chi connectivity index (χ0) is 21.2. The van der Waals surface area contributed by atoms with Crippen molar-refractivity contribution in [1.82, 2.24) is 10.2 Å². The summed E-state index contributed by atoms with van der Waals surface area (Å²) in [6.45, 7) is 1.93. The molecule has 0 saturated carbocycles. The fourth-order valence-corrected chi connectivity index (χ4v) is 3.51. The summed E-state index contributed by atoms with van der Waals surface area (Å²) in [7, 11) is 0. The maximum atomic E-state index is 12.9. The summed E-state index contributed by atoms with van der Waals surface area (Å²) in [5.74, 6) is -0.422. The van der Waals surface area contributed by atoms with Crippen LogP contribution in [-0.4, -0.2) is 48.7 Å². The Kier molecular flexibility index (Phi) is 8.23. The van der Waals surface area contributed by atoms with E-state index < -0.39 is 18.1 Å². The van der Waals surface area contributed by atoms with Crippen molar-refractivity contribution in [3.05, 3.63) is 71.8 Å². The van der Waals surface area contributed by atoms with Crippen LogP contribution in [0.5, 0.6) is 0 Å². The lowest BCUT2D eigenvalue weighted by molar-refractivity contribution is -0.152. The molecule has 0 aromatic heterocycles. The van der Waals surface area contributed by atoms with Crippen LogP contribution in [0.2, 0.25) is 0 Å². The van der Waals surface area contributed by atoms with Crippen LogP contribution in [0.4, 0.5) is 4.79 Å². The molecule has 3 rings (SSSR count). The van der Waals surface area contributed by atoms with Gasteiger partial charge in [-0.3, -0.25) is 4.90 Å². The van der Waals surface area contributed by atoms with Crippen molar-refractivity contribution in [3.8, 4) is 0 Å². The number of benzene rings is 2. The number of esters is 1. The molecule has 2 aromatic carbocycles. The molecule has 0 spiro atoms. The Hall–Kier alpha value is -2.90. The molecule has 2 aromatic rings. The predicted octanol–water partition coefficient (Wildman–Crippen LogP) is 2.45. The number of amides is 1. The normalized spacial score (nSPS) is 18.6. The van der Waals surface area contributed by atoms with Crippen LogP contribution in [0.1, 0.15) is 24.0 Å². The summed E-state index contributed by atoms with van der Waals surface area (Å²) < 4.78 is 11.0. The van der Waals surface area contributed by atoms with E-state index in [1.165, 1.54) is 4.90 Å². The minimum absolute atomic E-state index is 0.0981. The van der Waals surface area contributed by atoms with Crippen molar-refractivity contribution in [1.29, 1.82) is 0 Å². The van der Waals surface area contributed by atoms with Gasteiger partial charge in [0.2, 0.25) is 0 Å². The largest absolute Gasteiger partial charge is 0.459 e. The lowest BCUT2D eigenvalue weighted by Gasteiger charge is -2.37. The van der Waals surface area contributed by atoms with Crippen molar-refractivity contribution >= 4 is 12.1 Å². The first-order valence-corrected chi connectivity index (χ1v) is 10.3. The maximum Gasteiger partial charge on any atom is 0.410 e. The minimum atomic E-state index is -0.694. The Morgan fingerprint density at radius 3 is 2.17 bits per heavy atom. The van der Waals surface area contributed by atoms with Crippen LogP contribution < -0.4 is 11.1 Å². The number of nitrogens with zero attached hydrogens (tertiary/aromatic N) is 1. The fourth-order valence-electron chi connectivity index (χ4n) is 3.51. The molecular weight excluding hydrogens is 382 g/mol. The summed E-state index contributed by atoms with van der Waals surface area (Å²) >= 11 is 0. The van der Waals surface area contributed by atoms with Crippen molar-refractivity contribution < 1.29 is 19.1 Å². The number of piperidine rings is 1. The molecule has 1 saturated heterocycles. The molecule has 7 heteroatoms. The number of carbonyl (C=O) groups excluding carboxylic acids is 2. The lowest BCUT2D eigenvalue weighted by Crippen LogP contribution is -2.55. The Bertz CT molecular complexity index is 801. The van der Waals surface area contributed by atoms with Gasteiger partial charge in [-0.05, 0) is 24.0 Å². The summed E-state index contributed by atoms with van der Waals surface area (Å²) in [6.07, 6.45) is 0.689. The van der Waals surface area contributed by atoms with E-state index in [4.69, 9.17) is 15.2 Å². The highest BCUT2D eigenvalue weighted by Gasteiger charge is 2.38. The maximum absolute atomic E-state index is 12.9. The van der Waals surface area contributed by atoms with Crippen molar-refractivity contribution in [3.63, 3.8) is 0 Å². The van der Waals surface area contributed by atoms with Gasteiger partial charge in [0.05, 0.1) is 0 Å². The molecule has 0 radical (unpaired) electrons. The molecule has 1 fully saturated rings. The van der Waals surface area contributed by atoms with Crippen molar-refractivity contribution in [2.24, 2.45) is 5.73 Å². The van der Waals surface area contributed by atoms with Crippen LogP contribution in [0.15, 0.2) is 60.7 Å². The lowest BCUT2D eigenvalue weighted by atomic mass is 9.97. The van der Waals surface area contributed by atoms with Gasteiger partial charge in [-0.1, -0.05) is 60.7 Å². The first-order chi connectivity index (χ1) is 14.7. The Labute approximate surface area is 177 Å². The number of carbonyl (C=O) groups is 2. The number of nitrogens with two attached hydrogens (primary N) is 1. The summed E-state index contributed by atoms with van der Waals surface area (Å²) in [5, 5.41) is 3.34. The number of rotatable bonds is 8. The third kappa shape index (κ3) is 6.30. The quantitative estimate of drug-likeness (QED) is 0.648. The highest BCUT2D eigenvalue weighted by molar-refractivity contribution is 5.81. The van der Waals surface area contributed by atoms with E-state index in [9.17, 15) is 9.59 Å². The second-order valence-corrected chi connectivity index (χ2v) is 7.31. The molecule has 160 valence electrons. The Balaban J connectivity index is 1.62. The molecule has 2 unspecified atom stereocenters. The van der Waals surface area contributed by atoms with Gasteiger partial charge in [0, 0.05) is 25.7 Å². The molecule has 0 aliphatic carbocycles. The molecule has 1 amide bonds. The van der Waals surface area contributed by atoms with E-state index in [1.807, 2.05) is 60.7 Å². The molecular formula is C23H29N3O4. The first kappa shape index (κ1) is 21.8. The number of ether oxygens (including phenoxy) is 2. The van der Waals surface area contributed by atoms with E-state index in [-0.39, 0.29) is 19.3 Å². The van der Waals surface area contributed by atoms with Gasteiger partial charge < -0.3 is 20.5 Å². The highest BCUT2D eigenvalue weighted by atomic mass is 16.6. The monoisotopic (exact) mass is 411 g/mol. The molecule has 1 heterocycles. The third-order valence-corrected chi connectivity index (χ3v) is 5.12. The van der Waals surface area contributed by atoms with Crippen molar-refractivity contribution in [2.45, 2.75) is 38.1 Å². The first-order valence-electron chi connectivity index (χ1n) is 10.3. The topological polar surface area (TPSA) is 93.9 Å². The molecule has 1 aliphatic rings. The average molecular weight is 412 g/mol. The van der Waals surface area contributed by atoms with E-state index in [0.29, 0.717) is 26.1 Å². The standard InChI is InChI=1S/C23H29N3O4/c24-12-13-25-20-11-14-26(23(28)30-17-19-9-5-2-6-10-19)21(15-20)22(27)29-16-18-7-3-1-4-8-18/h1-10,20-21,25H,11-17,24H2. The van der Waals surface area contributed by atoms with Crippen LogP contribution in [0.25, 0.3) is 0 Å². The zero-order valence-corrected chi connectivity index (χ0v) is 17.0. The van der Waals surface area contributed by atoms with Gasteiger partial charge in [-0.15, -0.1) is 0 Å². The van der Waals surface area contributed by atoms with Gasteiger partial charge in [-0.25, -0.2) is 9.59 Å². The molecule has 3 N–H and O–H groups in total. The van der Waals surface area contributed by atoms with Gasteiger partial charge in [0.1, 0.15) is 19.3 Å². The highest BCUT2D eigenvalue weighted by Crippen LogP contribution is 2.21. The van der Waals surface area contributed by atoms with Gasteiger partial charge in [0.15, 0.2) is 0 Å². The average Bonchev–Trinajstić information content (AvgIpc) is 2.80. The van der Waals surface area contributed by atoms with Crippen LogP contribution in [0.3, 0.4) is 0 Å². The summed E-state index contributed by atoms with van der Waals surface area (Å²) in [6, 6.07) is 18.4. The van der Waals surface area contributed by atoms with Crippen LogP contribution in [-0.2, 0) is 27.5 Å². The minimum Gasteiger partial charge on any atom is -0.459 e. The number of hydrogen-bond donors (Lipinski definition) is 2. The SMILES string of the molecule is NCCNC1CCN(C(=O)OCc2ccccc2)C(C(=O)OCc2ccccc2)C1. The fraction of sp³-hybridized carbons (Fsp3) is 0.391. The Morgan fingerprint density at radius 1 is 0.967 bits per heavy atom. The van der Waals surface area contributed by atoms with Gasteiger partial charge >= 0.3 is 12.1 Å². The molecule has 2 atom stereocenters. The predicted molar refractivity (Wildman–Crippen MR) is 113 cm³/mol. The number of likely N-dealkylation sites (tertiary alicyclic amines) is 1. The van der Waals surface area contributed by atoms with E-state index in [0.717, 1.165) is 17.5 Å². The second kappa shape index (κ2) is 11.3. The number of hydrogen-bond acceptors (Lipinski definition) is 6. The molecule has 1 aliphatic heterocycles. The molecule has 0 bridgehead atoms. The van der Waals surface area contributed by atoms with Crippen LogP contribution in [0, 0.1) is 0 Å². The second-order valence-electron chi connectivity index (χ2n) is 7.31. The Morgan fingerprint density at radius 2 is 1.57 bits per heavy atom. The third-order valence-electron chi connectivity index (χ3n) is 5.12. The van der Waals surface area contributed by atoms with Gasteiger partial charge in [-0.2, -0.15) is 0 Å². The molecule has 30 heavy (non-hydrogen) atoms. The van der Waals surface area contributed by atoms with E-state index >= 15 is 0 Å². The zero-order valence-electron chi connectivity index (χ0n) is 17.0. The van der Waals surface area contributed by atoms with Crippen molar-refractivity contribution in [2.75, 3.05) is 19.6 Å². The van der Waals surface area contributed by atoms with E-state index in [1.54, 1.807) is 0 Å². The molecule has 7 nitrogen and oxygen atoms in total.